The Kier molecular flexibility index (Phi) is 3.91. The second kappa shape index (κ2) is 6.36. The van der Waals surface area contributed by atoms with E-state index in [1.807, 2.05) is 24.3 Å². The molecule has 1 heterocycles. The number of para-hydroxylation sites is 2. The number of anilines is 2. The zero-order valence-corrected chi connectivity index (χ0v) is 13.3. The van der Waals surface area contributed by atoms with Crippen LogP contribution in [0.1, 0.15) is 11.7 Å². The fourth-order valence-corrected chi connectivity index (χ4v) is 3.40. The molecule has 3 heteroatoms. The molecule has 0 atom stereocenters. The summed E-state index contributed by atoms with van der Waals surface area (Å²) in [5.74, 6) is -0.200. The average Bonchev–Trinajstić information content (AvgIpc) is 3.09. The van der Waals surface area contributed by atoms with Crippen molar-refractivity contribution in [3.63, 3.8) is 0 Å². The molecule has 1 aliphatic heterocycles. The van der Waals surface area contributed by atoms with E-state index in [1.165, 1.54) is 11.4 Å². The first-order valence-corrected chi connectivity index (χ1v) is 8.22. The molecule has 4 rings (SSSR count). The van der Waals surface area contributed by atoms with Gasteiger partial charge in [0.15, 0.2) is 0 Å². The van der Waals surface area contributed by atoms with Crippen LogP contribution in [0.15, 0.2) is 84.9 Å². The van der Waals surface area contributed by atoms with Crippen molar-refractivity contribution >= 4 is 11.4 Å². The molecule has 0 saturated carbocycles. The van der Waals surface area contributed by atoms with Gasteiger partial charge in [-0.2, -0.15) is 0 Å². The molecule has 2 nitrogen and oxygen atoms in total. The molecule has 1 aliphatic rings. The Bertz CT molecular complexity index is 740. The van der Waals surface area contributed by atoms with Crippen LogP contribution in [0.25, 0.3) is 0 Å². The van der Waals surface area contributed by atoms with E-state index < -0.39 is 0 Å². The molecule has 3 aromatic rings. The van der Waals surface area contributed by atoms with Crippen molar-refractivity contribution in [1.29, 1.82) is 0 Å². The van der Waals surface area contributed by atoms with Crippen LogP contribution in [-0.4, -0.2) is 13.1 Å². The molecule has 1 saturated heterocycles. The van der Waals surface area contributed by atoms with E-state index >= 15 is 0 Å². The van der Waals surface area contributed by atoms with Gasteiger partial charge in [-0.25, -0.2) is 4.39 Å². The lowest BCUT2D eigenvalue weighted by molar-refractivity contribution is 0.624. The quantitative estimate of drug-likeness (QED) is 0.681. The van der Waals surface area contributed by atoms with Crippen molar-refractivity contribution in [1.82, 2.24) is 0 Å². The first kappa shape index (κ1) is 14.8. The van der Waals surface area contributed by atoms with Gasteiger partial charge in [0.1, 0.15) is 12.0 Å². The maximum absolute atomic E-state index is 13.4. The van der Waals surface area contributed by atoms with Crippen LogP contribution in [0.3, 0.4) is 0 Å². The van der Waals surface area contributed by atoms with Gasteiger partial charge in [0, 0.05) is 24.5 Å². The minimum Gasteiger partial charge on any atom is -0.346 e. The van der Waals surface area contributed by atoms with Crippen molar-refractivity contribution in [3.8, 4) is 0 Å². The smallest absolute Gasteiger partial charge is 0.128 e. The highest BCUT2D eigenvalue weighted by molar-refractivity contribution is 5.58. The van der Waals surface area contributed by atoms with Crippen LogP contribution in [0.5, 0.6) is 0 Å². The summed E-state index contributed by atoms with van der Waals surface area (Å²) < 4.78 is 13.4. The predicted octanol–water partition coefficient (Wildman–Crippen LogP) is 4.85. The largest absolute Gasteiger partial charge is 0.346 e. The third-order valence-corrected chi connectivity index (χ3v) is 4.52. The Hall–Kier alpha value is -2.81. The van der Waals surface area contributed by atoms with Gasteiger partial charge in [-0.3, -0.25) is 0 Å². The van der Waals surface area contributed by atoms with E-state index in [-0.39, 0.29) is 12.0 Å². The Labute approximate surface area is 141 Å². The van der Waals surface area contributed by atoms with Crippen molar-refractivity contribution in [2.24, 2.45) is 0 Å². The summed E-state index contributed by atoms with van der Waals surface area (Å²) >= 11 is 0. The standard InChI is InChI=1S/C21H19FN2/c22-18-13-11-17(12-14-18)21-23(19-7-3-1-4-8-19)15-16-24(21)20-9-5-2-6-10-20/h1-14,21H,15-16H2. The van der Waals surface area contributed by atoms with E-state index in [0.717, 1.165) is 18.7 Å². The van der Waals surface area contributed by atoms with Crippen molar-refractivity contribution in [2.75, 3.05) is 22.9 Å². The number of benzene rings is 3. The summed E-state index contributed by atoms with van der Waals surface area (Å²) in [5, 5.41) is 0. The van der Waals surface area contributed by atoms with Gasteiger partial charge in [0.25, 0.3) is 0 Å². The number of halogens is 1. The fourth-order valence-electron chi connectivity index (χ4n) is 3.40. The van der Waals surface area contributed by atoms with E-state index in [2.05, 4.69) is 58.3 Å². The minimum absolute atomic E-state index is 0.0652. The van der Waals surface area contributed by atoms with Crippen molar-refractivity contribution in [2.45, 2.75) is 6.17 Å². The summed E-state index contributed by atoms with van der Waals surface area (Å²) in [7, 11) is 0. The first-order chi connectivity index (χ1) is 11.8. The molecule has 0 bridgehead atoms. The summed E-state index contributed by atoms with van der Waals surface area (Å²) in [6.45, 7) is 1.86. The number of hydrogen-bond donors (Lipinski definition) is 0. The highest BCUT2D eigenvalue weighted by Gasteiger charge is 2.33. The monoisotopic (exact) mass is 318 g/mol. The lowest BCUT2D eigenvalue weighted by Crippen LogP contribution is -2.30. The molecule has 1 fully saturated rings. The molecule has 24 heavy (non-hydrogen) atoms. The summed E-state index contributed by atoms with van der Waals surface area (Å²) in [4.78, 5) is 4.75. The summed E-state index contributed by atoms with van der Waals surface area (Å²) in [5.41, 5.74) is 3.47. The van der Waals surface area contributed by atoms with Crippen LogP contribution in [0.4, 0.5) is 15.8 Å². The van der Waals surface area contributed by atoms with E-state index in [4.69, 9.17) is 0 Å². The van der Waals surface area contributed by atoms with E-state index in [0.29, 0.717) is 0 Å². The second-order valence-corrected chi connectivity index (χ2v) is 5.98. The number of nitrogens with zero attached hydrogens (tertiary/aromatic N) is 2. The van der Waals surface area contributed by atoms with Crippen LogP contribution in [-0.2, 0) is 0 Å². The summed E-state index contributed by atoms with van der Waals surface area (Å²) in [6.07, 6.45) is 0.0652. The highest BCUT2D eigenvalue weighted by Crippen LogP contribution is 2.37. The molecule has 0 aromatic heterocycles. The second-order valence-electron chi connectivity index (χ2n) is 5.98. The third-order valence-electron chi connectivity index (χ3n) is 4.52. The molecular weight excluding hydrogens is 299 g/mol. The van der Waals surface area contributed by atoms with Gasteiger partial charge in [0.2, 0.25) is 0 Å². The first-order valence-electron chi connectivity index (χ1n) is 8.22. The fraction of sp³-hybridized carbons (Fsp3) is 0.143. The molecule has 0 N–H and O–H groups in total. The van der Waals surface area contributed by atoms with Crippen LogP contribution in [0, 0.1) is 5.82 Å². The Morgan fingerprint density at radius 1 is 0.625 bits per heavy atom. The normalized spacial score (nSPS) is 15.0. The van der Waals surface area contributed by atoms with Crippen molar-refractivity contribution in [3.05, 3.63) is 96.3 Å². The van der Waals surface area contributed by atoms with E-state index in [1.54, 1.807) is 12.1 Å². The number of hydrogen-bond acceptors (Lipinski definition) is 2. The zero-order valence-electron chi connectivity index (χ0n) is 13.3. The Balaban J connectivity index is 1.77. The maximum Gasteiger partial charge on any atom is 0.128 e. The molecule has 0 amide bonds. The van der Waals surface area contributed by atoms with Crippen molar-refractivity contribution < 1.29 is 4.39 Å². The average molecular weight is 318 g/mol. The van der Waals surface area contributed by atoms with Crippen LogP contribution in [0.2, 0.25) is 0 Å². The van der Waals surface area contributed by atoms with Gasteiger partial charge >= 0.3 is 0 Å². The van der Waals surface area contributed by atoms with Crippen LogP contribution >= 0.6 is 0 Å². The number of rotatable bonds is 3. The Morgan fingerprint density at radius 2 is 1.08 bits per heavy atom. The zero-order chi connectivity index (χ0) is 16.4. The maximum atomic E-state index is 13.4. The highest BCUT2D eigenvalue weighted by atomic mass is 19.1. The van der Waals surface area contributed by atoms with E-state index in [9.17, 15) is 4.39 Å². The summed E-state index contributed by atoms with van der Waals surface area (Å²) in [6, 6.07) is 27.7. The molecule has 0 aliphatic carbocycles. The van der Waals surface area contributed by atoms with Gasteiger partial charge < -0.3 is 9.80 Å². The van der Waals surface area contributed by atoms with Gasteiger partial charge in [0.05, 0.1) is 0 Å². The molecule has 0 unspecified atom stereocenters. The molecule has 120 valence electrons. The lowest BCUT2D eigenvalue weighted by atomic mass is 10.1. The van der Waals surface area contributed by atoms with Gasteiger partial charge in [-0.1, -0.05) is 48.5 Å². The topological polar surface area (TPSA) is 6.48 Å². The minimum atomic E-state index is -0.200. The predicted molar refractivity (Wildman–Crippen MR) is 96.7 cm³/mol. The molecular formula is C21H19FN2. The third kappa shape index (κ3) is 2.73. The molecule has 0 spiro atoms. The Morgan fingerprint density at radius 3 is 1.54 bits per heavy atom. The SMILES string of the molecule is Fc1ccc(C2N(c3ccccc3)CCN2c2ccccc2)cc1. The molecule has 3 aromatic carbocycles. The molecule has 0 radical (unpaired) electrons. The van der Waals surface area contributed by atoms with Crippen LogP contribution < -0.4 is 9.80 Å². The lowest BCUT2D eigenvalue weighted by Gasteiger charge is -2.33. The van der Waals surface area contributed by atoms with Gasteiger partial charge in [-0.15, -0.1) is 0 Å². The van der Waals surface area contributed by atoms with Gasteiger partial charge in [-0.05, 0) is 42.0 Å².